The van der Waals surface area contributed by atoms with Crippen LogP contribution in [0.1, 0.15) is 19.4 Å². The molecule has 1 fully saturated rings. The van der Waals surface area contributed by atoms with E-state index in [0.717, 1.165) is 55.5 Å². The van der Waals surface area contributed by atoms with E-state index in [4.69, 9.17) is 4.74 Å². The maximum Gasteiger partial charge on any atom is 0.123 e. The van der Waals surface area contributed by atoms with Crippen LogP contribution in [-0.2, 0) is 6.54 Å². The average molecular weight is 396 g/mol. The first-order chi connectivity index (χ1) is 12.9. The maximum absolute atomic E-state index is 10.3. The number of para-hydroxylation sites is 1. The molecular formula is C21H37N3O2S. The van der Waals surface area contributed by atoms with Crippen LogP contribution in [0.4, 0.5) is 0 Å². The van der Waals surface area contributed by atoms with Crippen molar-refractivity contribution in [2.75, 3.05) is 64.9 Å². The van der Waals surface area contributed by atoms with Crippen LogP contribution < -0.4 is 10.1 Å². The van der Waals surface area contributed by atoms with Crippen molar-refractivity contribution in [2.24, 2.45) is 5.41 Å². The third kappa shape index (κ3) is 8.83. The van der Waals surface area contributed by atoms with E-state index in [9.17, 15) is 5.11 Å². The Morgan fingerprint density at radius 1 is 1.26 bits per heavy atom. The zero-order chi connectivity index (χ0) is 19.7. The molecule has 154 valence electrons. The van der Waals surface area contributed by atoms with E-state index in [1.54, 1.807) is 0 Å². The van der Waals surface area contributed by atoms with E-state index in [2.05, 4.69) is 49.1 Å². The third-order valence-electron chi connectivity index (χ3n) is 4.64. The molecule has 0 amide bonds. The number of hydrogen-bond acceptors (Lipinski definition) is 6. The molecule has 0 radical (unpaired) electrons. The van der Waals surface area contributed by atoms with Crippen LogP contribution in [0.25, 0.3) is 0 Å². The van der Waals surface area contributed by atoms with E-state index >= 15 is 0 Å². The van der Waals surface area contributed by atoms with Crippen LogP contribution in [0.3, 0.4) is 0 Å². The fourth-order valence-electron chi connectivity index (χ4n) is 3.56. The highest BCUT2D eigenvalue weighted by atomic mass is 32.2. The Kier molecular flexibility index (Phi) is 9.39. The van der Waals surface area contributed by atoms with Gasteiger partial charge < -0.3 is 20.1 Å². The highest BCUT2D eigenvalue weighted by molar-refractivity contribution is 7.99. The molecule has 5 nitrogen and oxygen atoms in total. The smallest absolute Gasteiger partial charge is 0.123 e. The molecule has 0 aliphatic carbocycles. The monoisotopic (exact) mass is 395 g/mol. The molecule has 1 aliphatic rings. The Morgan fingerprint density at radius 2 is 1.96 bits per heavy atom. The first-order valence-electron chi connectivity index (χ1n) is 9.90. The topological polar surface area (TPSA) is 48.0 Å². The molecule has 1 aliphatic heterocycles. The zero-order valence-corrected chi connectivity index (χ0v) is 18.2. The highest BCUT2D eigenvalue weighted by Crippen LogP contribution is 2.20. The van der Waals surface area contributed by atoms with E-state index in [1.807, 2.05) is 30.0 Å². The van der Waals surface area contributed by atoms with E-state index in [-0.39, 0.29) is 5.41 Å². The summed E-state index contributed by atoms with van der Waals surface area (Å²) in [7, 11) is 4.22. The first kappa shape index (κ1) is 22.5. The van der Waals surface area contributed by atoms with Crippen LogP contribution in [0.5, 0.6) is 5.75 Å². The largest absolute Gasteiger partial charge is 0.491 e. The fraction of sp³-hybridized carbons (Fsp3) is 0.714. The van der Waals surface area contributed by atoms with Crippen molar-refractivity contribution in [3.63, 3.8) is 0 Å². The van der Waals surface area contributed by atoms with Crippen molar-refractivity contribution >= 4 is 11.8 Å². The second kappa shape index (κ2) is 11.3. The highest BCUT2D eigenvalue weighted by Gasteiger charge is 2.19. The lowest BCUT2D eigenvalue weighted by Gasteiger charge is -2.29. The summed E-state index contributed by atoms with van der Waals surface area (Å²) >= 11 is 1.99. The van der Waals surface area contributed by atoms with E-state index in [1.165, 1.54) is 0 Å². The Bertz CT molecular complexity index is 548. The summed E-state index contributed by atoms with van der Waals surface area (Å²) < 4.78 is 5.96. The molecule has 0 saturated carbocycles. The Balaban J connectivity index is 1.78. The summed E-state index contributed by atoms with van der Waals surface area (Å²) in [6, 6.07) is 8.11. The molecule has 1 atom stereocenters. The molecule has 1 aromatic rings. The third-order valence-corrected chi connectivity index (χ3v) is 5.58. The number of aliphatic hydroxyl groups excluding tert-OH is 1. The minimum absolute atomic E-state index is 0.211. The van der Waals surface area contributed by atoms with Gasteiger partial charge in [0.25, 0.3) is 0 Å². The molecule has 1 heterocycles. The van der Waals surface area contributed by atoms with Gasteiger partial charge in [-0.25, -0.2) is 0 Å². The second-order valence-corrected chi connectivity index (χ2v) is 9.72. The molecule has 0 aromatic heterocycles. The van der Waals surface area contributed by atoms with Gasteiger partial charge in [-0.2, -0.15) is 11.8 Å². The molecule has 1 aromatic carbocycles. The standard InChI is InChI=1S/C21H37N3O2S/c1-21(2,17-23(3)4)16-22-13-18-7-5-6-8-20(18)26-15-19(25)14-24-9-11-27-12-10-24/h5-8,19,22,25H,9-17H2,1-4H3. The number of rotatable bonds is 11. The van der Waals surface area contributed by atoms with Gasteiger partial charge in [-0.05, 0) is 25.6 Å². The molecule has 6 heteroatoms. The SMILES string of the molecule is CN(C)CC(C)(C)CNCc1ccccc1OCC(O)CN1CCSCC1. The van der Waals surface area contributed by atoms with Gasteiger partial charge in [0.2, 0.25) is 0 Å². The lowest BCUT2D eigenvalue weighted by atomic mass is 9.93. The molecule has 2 N–H and O–H groups in total. The van der Waals surface area contributed by atoms with Crippen LogP contribution in [0.2, 0.25) is 0 Å². The van der Waals surface area contributed by atoms with Crippen LogP contribution in [0.15, 0.2) is 24.3 Å². The van der Waals surface area contributed by atoms with Gasteiger partial charge in [0.05, 0.1) is 0 Å². The Morgan fingerprint density at radius 3 is 2.67 bits per heavy atom. The van der Waals surface area contributed by atoms with Gasteiger partial charge in [0.15, 0.2) is 0 Å². The maximum atomic E-state index is 10.3. The number of hydrogen-bond donors (Lipinski definition) is 2. The summed E-state index contributed by atoms with van der Waals surface area (Å²) in [6.07, 6.45) is -0.451. The van der Waals surface area contributed by atoms with Gasteiger partial charge in [0.1, 0.15) is 18.5 Å². The van der Waals surface area contributed by atoms with Crippen molar-refractivity contribution in [3.8, 4) is 5.75 Å². The van der Waals surface area contributed by atoms with Crippen LogP contribution >= 0.6 is 11.8 Å². The lowest BCUT2D eigenvalue weighted by Crippen LogP contribution is -2.40. The Labute approximate surface area is 169 Å². The van der Waals surface area contributed by atoms with Gasteiger partial charge in [-0.3, -0.25) is 4.90 Å². The number of ether oxygens (including phenoxy) is 1. The average Bonchev–Trinajstić information content (AvgIpc) is 2.60. The number of nitrogens with one attached hydrogen (secondary N) is 1. The minimum Gasteiger partial charge on any atom is -0.491 e. The van der Waals surface area contributed by atoms with Crippen molar-refractivity contribution < 1.29 is 9.84 Å². The molecule has 27 heavy (non-hydrogen) atoms. The summed E-state index contributed by atoms with van der Waals surface area (Å²) in [6.45, 7) is 10.5. The van der Waals surface area contributed by atoms with E-state index < -0.39 is 6.10 Å². The summed E-state index contributed by atoms with van der Waals surface area (Å²) in [5.74, 6) is 3.18. The summed E-state index contributed by atoms with van der Waals surface area (Å²) in [5.41, 5.74) is 1.35. The Hall–Kier alpha value is -0.790. The van der Waals surface area contributed by atoms with Crippen LogP contribution in [-0.4, -0.2) is 85.9 Å². The van der Waals surface area contributed by atoms with Crippen molar-refractivity contribution in [1.29, 1.82) is 0 Å². The molecule has 2 rings (SSSR count). The number of β-amino-alcohol motifs (C(OH)–C–C–N with tert-alkyl or cyclic N) is 1. The van der Waals surface area contributed by atoms with Gasteiger partial charge in [-0.15, -0.1) is 0 Å². The second-order valence-electron chi connectivity index (χ2n) is 8.49. The normalized spacial score (nSPS) is 17.3. The molecule has 0 bridgehead atoms. The number of aliphatic hydroxyl groups is 1. The van der Waals surface area contributed by atoms with Crippen molar-refractivity contribution in [1.82, 2.24) is 15.1 Å². The molecule has 1 unspecified atom stereocenters. The predicted octanol–water partition coefficient (Wildman–Crippen LogP) is 2.15. The quantitative estimate of drug-likeness (QED) is 0.599. The predicted molar refractivity (Wildman–Crippen MR) is 116 cm³/mol. The van der Waals surface area contributed by atoms with E-state index in [0.29, 0.717) is 13.2 Å². The number of nitrogens with zero attached hydrogens (tertiary/aromatic N) is 2. The molecular weight excluding hydrogens is 358 g/mol. The minimum atomic E-state index is -0.451. The molecule has 1 saturated heterocycles. The lowest BCUT2D eigenvalue weighted by molar-refractivity contribution is 0.0711. The van der Waals surface area contributed by atoms with Crippen molar-refractivity contribution in [3.05, 3.63) is 29.8 Å². The summed E-state index contributed by atoms with van der Waals surface area (Å²) in [4.78, 5) is 4.55. The fourth-order valence-corrected chi connectivity index (χ4v) is 4.54. The van der Waals surface area contributed by atoms with Gasteiger partial charge >= 0.3 is 0 Å². The summed E-state index contributed by atoms with van der Waals surface area (Å²) in [5, 5.41) is 13.9. The van der Waals surface area contributed by atoms with Gasteiger partial charge in [0, 0.05) is 56.3 Å². The first-order valence-corrected chi connectivity index (χ1v) is 11.1. The number of benzene rings is 1. The van der Waals surface area contributed by atoms with Crippen molar-refractivity contribution in [2.45, 2.75) is 26.5 Å². The van der Waals surface area contributed by atoms with Gasteiger partial charge in [-0.1, -0.05) is 32.0 Å². The molecule has 0 spiro atoms. The zero-order valence-electron chi connectivity index (χ0n) is 17.4. The number of thioether (sulfide) groups is 1. The van der Waals surface area contributed by atoms with Crippen LogP contribution in [0, 0.1) is 5.41 Å².